The lowest BCUT2D eigenvalue weighted by molar-refractivity contribution is -0.146. The quantitative estimate of drug-likeness (QED) is 0.339. The zero-order valence-electron chi connectivity index (χ0n) is 20.7. The van der Waals surface area contributed by atoms with Crippen LogP contribution in [0.2, 0.25) is 0 Å². The molecule has 10 heteroatoms. The van der Waals surface area contributed by atoms with E-state index >= 15 is 0 Å². The number of nitrogens with zero attached hydrogens (tertiary/aromatic N) is 2. The van der Waals surface area contributed by atoms with Crippen molar-refractivity contribution < 1.29 is 28.0 Å². The number of hydroxylamine groups is 1. The number of piperidine rings is 1. The highest BCUT2D eigenvalue weighted by molar-refractivity contribution is 7.89. The van der Waals surface area contributed by atoms with Crippen molar-refractivity contribution in [3.63, 3.8) is 0 Å². The van der Waals surface area contributed by atoms with Crippen LogP contribution in [0.3, 0.4) is 0 Å². The molecule has 1 aliphatic rings. The number of ether oxygens (including phenoxy) is 1. The monoisotopic (exact) mass is 497 g/mol. The molecule has 2 rings (SSSR count). The maximum atomic E-state index is 13.3. The topological polar surface area (TPSA) is 116 Å². The first-order chi connectivity index (χ1) is 16.1. The molecule has 0 aliphatic carbocycles. The summed E-state index contributed by atoms with van der Waals surface area (Å²) in [7, 11) is -0.705. The van der Waals surface area contributed by atoms with E-state index in [2.05, 4.69) is 0 Å². The van der Waals surface area contributed by atoms with Crippen LogP contribution in [-0.2, 0) is 19.6 Å². The van der Waals surface area contributed by atoms with Gasteiger partial charge in [0.15, 0.2) is 0 Å². The van der Waals surface area contributed by atoms with Crippen molar-refractivity contribution in [3.8, 4) is 5.75 Å². The molecule has 34 heavy (non-hydrogen) atoms. The zero-order chi connectivity index (χ0) is 25.3. The molecule has 2 N–H and O–H groups in total. The van der Waals surface area contributed by atoms with Crippen molar-refractivity contribution in [2.75, 3.05) is 33.8 Å². The minimum atomic E-state index is -3.71. The summed E-state index contributed by atoms with van der Waals surface area (Å²) in [4.78, 5) is 27.9. The van der Waals surface area contributed by atoms with Gasteiger partial charge < -0.3 is 9.64 Å². The van der Waals surface area contributed by atoms with Gasteiger partial charge in [0.25, 0.3) is 0 Å². The van der Waals surface area contributed by atoms with Crippen LogP contribution in [0.25, 0.3) is 0 Å². The Balaban J connectivity index is 2.11. The summed E-state index contributed by atoms with van der Waals surface area (Å²) >= 11 is 0. The van der Waals surface area contributed by atoms with Crippen molar-refractivity contribution in [1.29, 1.82) is 0 Å². The predicted octanol–water partition coefficient (Wildman–Crippen LogP) is 2.89. The smallest absolute Gasteiger partial charge is 0.247 e. The molecule has 192 valence electrons. The number of methoxy groups -OCH3 is 1. The molecule has 1 saturated heterocycles. The number of carbonyl (C=O) groups excluding carboxylic acids is 2. The number of benzene rings is 1. The number of hydrogen-bond acceptors (Lipinski definition) is 6. The van der Waals surface area contributed by atoms with Crippen molar-refractivity contribution in [3.05, 3.63) is 24.3 Å². The van der Waals surface area contributed by atoms with E-state index in [4.69, 9.17) is 4.74 Å². The van der Waals surface area contributed by atoms with E-state index in [0.29, 0.717) is 31.7 Å². The van der Waals surface area contributed by atoms with Gasteiger partial charge in [-0.25, -0.2) is 18.2 Å². The molecule has 0 aromatic heterocycles. The number of sulfonamides is 1. The summed E-state index contributed by atoms with van der Waals surface area (Å²) < 4.78 is 32.1. The molecule has 1 aromatic carbocycles. The number of likely N-dealkylation sites (tertiary alicyclic amines) is 1. The maximum Gasteiger partial charge on any atom is 0.247 e. The van der Waals surface area contributed by atoms with E-state index in [0.717, 1.165) is 19.3 Å². The number of carbonyl (C=O) groups is 2. The third kappa shape index (κ3) is 7.41. The van der Waals surface area contributed by atoms with E-state index in [-0.39, 0.29) is 29.7 Å². The zero-order valence-corrected chi connectivity index (χ0v) is 21.5. The largest absolute Gasteiger partial charge is 0.497 e. The molecular weight excluding hydrogens is 458 g/mol. The Hall–Kier alpha value is -2.17. The Kier molecular flexibility index (Phi) is 10.8. The van der Waals surface area contributed by atoms with Gasteiger partial charge in [0, 0.05) is 26.7 Å². The predicted molar refractivity (Wildman–Crippen MR) is 129 cm³/mol. The lowest BCUT2D eigenvalue weighted by atomic mass is 9.81. The highest BCUT2D eigenvalue weighted by Gasteiger charge is 2.36. The minimum Gasteiger partial charge on any atom is -0.497 e. The third-order valence-electron chi connectivity index (χ3n) is 6.40. The first kappa shape index (κ1) is 28.1. The van der Waals surface area contributed by atoms with Crippen LogP contribution in [0.15, 0.2) is 29.2 Å². The van der Waals surface area contributed by atoms with Crippen LogP contribution in [0.4, 0.5) is 0 Å². The Morgan fingerprint density at radius 3 is 2.26 bits per heavy atom. The second kappa shape index (κ2) is 13.1. The molecule has 1 fully saturated rings. The summed E-state index contributed by atoms with van der Waals surface area (Å²) in [6.07, 6.45) is 4.16. The Labute approximate surface area is 203 Å². The van der Waals surface area contributed by atoms with Gasteiger partial charge in [-0.05, 0) is 68.7 Å². The van der Waals surface area contributed by atoms with Crippen LogP contribution >= 0.6 is 0 Å². The lowest BCUT2D eigenvalue weighted by Crippen LogP contribution is -2.46. The number of nitrogens with one attached hydrogen (secondary N) is 1. The molecule has 0 radical (unpaired) electrons. The highest BCUT2D eigenvalue weighted by Crippen LogP contribution is 2.29. The standard InChI is InChI=1S/C24H39N3O6S/c1-18(2)17-22(24(29)27-15-6-5-7-16-27)21(23(28)25-30)9-8-14-26(3)34(31,32)20-12-10-19(33-4)11-13-20/h10-13,18,21-22,30H,5-9,14-17H2,1-4H3,(H,25,28)/t21-,22+/m0/s1. The van der Waals surface area contributed by atoms with Crippen molar-refractivity contribution in [2.24, 2.45) is 17.8 Å². The second-order valence-corrected chi connectivity index (χ2v) is 11.4. The summed E-state index contributed by atoms with van der Waals surface area (Å²) in [5, 5.41) is 9.37. The Bertz CT molecular complexity index is 898. The van der Waals surface area contributed by atoms with E-state index in [1.54, 1.807) is 17.6 Å². The lowest BCUT2D eigenvalue weighted by Gasteiger charge is -2.34. The van der Waals surface area contributed by atoms with Crippen LogP contribution in [-0.4, -0.2) is 68.4 Å². The van der Waals surface area contributed by atoms with E-state index in [9.17, 15) is 23.2 Å². The van der Waals surface area contributed by atoms with E-state index < -0.39 is 27.8 Å². The van der Waals surface area contributed by atoms with Crippen molar-refractivity contribution in [2.45, 2.75) is 57.3 Å². The molecule has 0 spiro atoms. The first-order valence-electron chi connectivity index (χ1n) is 11.9. The second-order valence-electron chi connectivity index (χ2n) is 9.35. The number of rotatable bonds is 12. The van der Waals surface area contributed by atoms with E-state index in [1.807, 2.05) is 18.7 Å². The van der Waals surface area contributed by atoms with Gasteiger partial charge in [-0.3, -0.25) is 14.8 Å². The van der Waals surface area contributed by atoms with E-state index in [1.165, 1.54) is 30.6 Å². The summed E-state index contributed by atoms with van der Waals surface area (Å²) in [6.45, 7) is 5.54. The summed E-state index contributed by atoms with van der Waals surface area (Å²) in [5.41, 5.74) is 1.73. The van der Waals surface area contributed by atoms with Crippen LogP contribution in [0.5, 0.6) is 5.75 Å². The summed E-state index contributed by atoms with van der Waals surface area (Å²) in [5.74, 6) is -1.20. The van der Waals surface area contributed by atoms with Gasteiger partial charge in [0.05, 0.1) is 23.8 Å². The average Bonchev–Trinajstić information content (AvgIpc) is 2.84. The molecule has 1 aliphatic heterocycles. The highest BCUT2D eigenvalue weighted by atomic mass is 32.2. The number of amides is 2. The fraction of sp³-hybridized carbons (Fsp3) is 0.667. The van der Waals surface area contributed by atoms with Crippen LogP contribution in [0.1, 0.15) is 52.4 Å². The minimum absolute atomic E-state index is 0.0544. The van der Waals surface area contributed by atoms with Crippen LogP contribution < -0.4 is 10.2 Å². The molecule has 0 unspecified atom stereocenters. The normalized spacial score (nSPS) is 16.4. The molecule has 2 atom stereocenters. The third-order valence-corrected chi connectivity index (χ3v) is 8.27. The molecule has 1 aromatic rings. The van der Waals surface area contributed by atoms with Gasteiger partial charge in [0.1, 0.15) is 5.75 Å². The van der Waals surface area contributed by atoms with Gasteiger partial charge in [-0.2, -0.15) is 0 Å². The van der Waals surface area contributed by atoms with Gasteiger partial charge in [0.2, 0.25) is 21.8 Å². The maximum absolute atomic E-state index is 13.3. The Morgan fingerprint density at radius 2 is 1.74 bits per heavy atom. The van der Waals surface area contributed by atoms with Crippen molar-refractivity contribution in [1.82, 2.24) is 14.7 Å². The first-order valence-corrected chi connectivity index (χ1v) is 13.4. The fourth-order valence-corrected chi connectivity index (χ4v) is 5.68. The average molecular weight is 498 g/mol. The molecular formula is C24H39N3O6S. The molecule has 0 bridgehead atoms. The van der Waals surface area contributed by atoms with Gasteiger partial charge in [-0.1, -0.05) is 13.8 Å². The molecule has 0 saturated carbocycles. The SMILES string of the molecule is COc1ccc(S(=O)(=O)N(C)CCC[C@H](C(=O)NO)[C@@H](CC(C)C)C(=O)N2CCCCC2)cc1. The van der Waals surface area contributed by atoms with Gasteiger partial charge in [-0.15, -0.1) is 0 Å². The van der Waals surface area contributed by atoms with Crippen molar-refractivity contribution >= 4 is 21.8 Å². The number of hydrogen-bond donors (Lipinski definition) is 2. The Morgan fingerprint density at radius 1 is 1.12 bits per heavy atom. The van der Waals surface area contributed by atoms with Gasteiger partial charge >= 0.3 is 0 Å². The summed E-state index contributed by atoms with van der Waals surface area (Å²) in [6, 6.07) is 6.15. The molecule has 2 amide bonds. The molecule has 1 heterocycles. The molecule has 9 nitrogen and oxygen atoms in total. The fourth-order valence-electron chi connectivity index (χ4n) is 4.47. The van der Waals surface area contributed by atoms with Crippen LogP contribution in [0, 0.1) is 17.8 Å².